The van der Waals surface area contributed by atoms with Crippen molar-refractivity contribution in [2.24, 2.45) is 0 Å². The average Bonchev–Trinajstić information content (AvgIpc) is 2.73. The zero-order valence-corrected chi connectivity index (χ0v) is 15.0. The minimum Gasteiger partial charge on any atom is -0.341 e. The number of rotatable bonds is 4. The van der Waals surface area contributed by atoms with Crippen LogP contribution in [-0.2, 0) is 14.8 Å². The van der Waals surface area contributed by atoms with Crippen LogP contribution in [0.4, 0.5) is 5.69 Å². The number of nitrogens with zero attached hydrogens (tertiary/aromatic N) is 2. The van der Waals surface area contributed by atoms with Crippen LogP contribution >= 0.6 is 0 Å². The molecule has 1 heterocycles. The molecule has 128 valence electrons. The highest BCUT2D eigenvalue weighted by Crippen LogP contribution is 2.26. The molecule has 0 spiro atoms. The molecular formula is C17H26N2O3S. The Hall–Kier alpha value is -1.56. The number of benzene rings is 1. The van der Waals surface area contributed by atoms with E-state index >= 15 is 0 Å². The Kier molecular flexibility index (Phi) is 5.68. The normalized spacial score (nSPS) is 16.0. The van der Waals surface area contributed by atoms with Crippen LogP contribution in [0, 0.1) is 13.8 Å². The van der Waals surface area contributed by atoms with Gasteiger partial charge in [0.2, 0.25) is 15.9 Å². The molecule has 23 heavy (non-hydrogen) atoms. The molecule has 1 saturated heterocycles. The second-order valence-electron chi connectivity index (χ2n) is 6.31. The first-order valence-electron chi connectivity index (χ1n) is 8.12. The lowest BCUT2D eigenvalue weighted by atomic mass is 10.1. The molecule has 0 aromatic heterocycles. The third kappa shape index (κ3) is 4.47. The molecule has 6 heteroatoms. The highest BCUT2D eigenvalue weighted by Gasteiger charge is 2.26. The fraction of sp³-hybridized carbons (Fsp3) is 0.588. The van der Waals surface area contributed by atoms with E-state index in [2.05, 4.69) is 0 Å². The van der Waals surface area contributed by atoms with E-state index in [9.17, 15) is 13.2 Å². The van der Waals surface area contributed by atoms with Gasteiger partial charge in [-0.2, -0.15) is 0 Å². The van der Waals surface area contributed by atoms with E-state index in [1.54, 1.807) is 4.90 Å². The predicted octanol–water partition coefficient (Wildman–Crippen LogP) is 2.47. The second-order valence-corrected chi connectivity index (χ2v) is 8.21. The first-order valence-corrected chi connectivity index (χ1v) is 9.97. The maximum absolute atomic E-state index is 12.6. The summed E-state index contributed by atoms with van der Waals surface area (Å²) in [6, 6.07) is 5.64. The van der Waals surface area contributed by atoms with Crippen LogP contribution in [0.15, 0.2) is 18.2 Å². The minimum atomic E-state index is -3.52. The summed E-state index contributed by atoms with van der Waals surface area (Å²) in [6.45, 7) is 5.07. The van der Waals surface area contributed by atoms with Crippen LogP contribution in [0.3, 0.4) is 0 Å². The van der Waals surface area contributed by atoms with Crippen molar-refractivity contribution in [2.75, 3.05) is 30.2 Å². The number of sulfonamides is 1. The molecule has 1 aliphatic rings. The first-order chi connectivity index (χ1) is 10.8. The van der Waals surface area contributed by atoms with Crippen LogP contribution < -0.4 is 4.31 Å². The number of carbonyl (C=O) groups is 1. The Balaban J connectivity index is 2.28. The van der Waals surface area contributed by atoms with E-state index in [0.717, 1.165) is 56.2 Å². The molecule has 0 bridgehead atoms. The first kappa shape index (κ1) is 17.8. The summed E-state index contributed by atoms with van der Waals surface area (Å²) in [5, 5.41) is 0. The van der Waals surface area contributed by atoms with E-state index in [-0.39, 0.29) is 12.5 Å². The van der Waals surface area contributed by atoms with Crippen molar-refractivity contribution >= 4 is 21.6 Å². The summed E-state index contributed by atoms with van der Waals surface area (Å²) < 4.78 is 25.8. The van der Waals surface area contributed by atoms with Gasteiger partial charge in [-0.15, -0.1) is 0 Å². The quantitative estimate of drug-likeness (QED) is 0.847. The van der Waals surface area contributed by atoms with Crippen molar-refractivity contribution < 1.29 is 13.2 Å². The van der Waals surface area contributed by atoms with E-state index < -0.39 is 10.0 Å². The largest absolute Gasteiger partial charge is 0.341 e. The highest BCUT2D eigenvalue weighted by molar-refractivity contribution is 7.92. The zero-order chi connectivity index (χ0) is 17.0. The Labute approximate surface area is 139 Å². The summed E-state index contributed by atoms with van der Waals surface area (Å²) in [7, 11) is -3.52. The van der Waals surface area contributed by atoms with Crippen LogP contribution in [0.1, 0.15) is 36.8 Å². The van der Waals surface area contributed by atoms with E-state index in [1.165, 1.54) is 4.31 Å². The lowest BCUT2D eigenvalue weighted by molar-refractivity contribution is -0.129. The van der Waals surface area contributed by atoms with Gasteiger partial charge in [-0.05, 0) is 37.8 Å². The smallest absolute Gasteiger partial charge is 0.243 e. The summed E-state index contributed by atoms with van der Waals surface area (Å²) in [6.07, 6.45) is 5.42. The van der Waals surface area contributed by atoms with Gasteiger partial charge >= 0.3 is 0 Å². The van der Waals surface area contributed by atoms with Crippen molar-refractivity contribution in [3.05, 3.63) is 29.3 Å². The Morgan fingerprint density at radius 1 is 1.09 bits per heavy atom. The lowest BCUT2D eigenvalue weighted by Crippen LogP contribution is -2.43. The highest BCUT2D eigenvalue weighted by atomic mass is 32.2. The van der Waals surface area contributed by atoms with Crippen molar-refractivity contribution in [3.63, 3.8) is 0 Å². The molecular weight excluding hydrogens is 312 g/mol. The van der Waals surface area contributed by atoms with Crippen LogP contribution in [0.25, 0.3) is 0 Å². The van der Waals surface area contributed by atoms with Crippen LogP contribution in [0.5, 0.6) is 0 Å². The van der Waals surface area contributed by atoms with E-state index in [0.29, 0.717) is 5.69 Å². The monoisotopic (exact) mass is 338 g/mol. The molecule has 1 aromatic carbocycles. The summed E-state index contributed by atoms with van der Waals surface area (Å²) >= 11 is 0. The van der Waals surface area contributed by atoms with E-state index in [4.69, 9.17) is 0 Å². The van der Waals surface area contributed by atoms with Gasteiger partial charge in [0, 0.05) is 13.1 Å². The molecule has 0 unspecified atom stereocenters. The molecule has 1 amide bonds. The van der Waals surface area contributed by atoms with Crippen molar-refractivity contribution in [2.45, 2.75) is 39.5 Å². The number of amides is 1. The van der Waals surface area contributed by atoms with Crippen LogP contribution in [0.2, 0.25) is 0 Å². The molecule has 0 aliphatic carbocycles. The average molecular weight is 338 g/mol. The van der Waals surface area contributed by atoms with Gasteiger partial charge in [0.15, 0.2) is 0 Å². The Bertz CT molecular complexity index is 642. The maximum Gasteiger partial charge on any atom is 0.243 e. The number of hydrogen-bond donors (Lipinski definition) is 0. The van der Waals surface area contributed by atoms with Gasteiger partial charge < -0.3 is 4.90 Å². The van der Waals surface area contributed by atoms with Crippen molar-refractivity contribution in [1.29, 1.82) is 0 Å². The molecule has 1 fully saturated rings. The van der Waals surface area contributed by atoms with E-state index in [1.807, 2.05) is 32.0 Å². The molecule has 0 N–H and O–H groups in total. The number of carbonyl (C=O) groups excluding carboxylic acids is 1. The zero-order valence-electron chi connectivity index (χ0n) is 14.2. The molecule has 1 aliphatic heterocycles. The van der Waals surface area contributed by atoms with Gasteiger partial charge in [-0.25, -0.2) is 8.42 Å². The third-order valence-electron chi connectivity index (χ3n) is 4.33. The number of hydrogen-bond acceptors (Lipinski definition) is 3. The molecule has 0 atom stereocenters. The second kappa shape index (κ2) is 7.34. The predicted molar refractivity (Wildman–Crippen MR) is 93.2 cm³/mol. The summed E-state index contributed by atoms with van der Waals surface area (Å²) in [4.78, 5) is 14.4. The standard InChI is InChI=1S/C17H26N2O3S/c1-14-9-8-10-15(2)17(14)19(23(3,21)22)13-16(20)18-11-6-4-5-7-12-18/h8-10H,4-7,11-13H2,1-3H3. The van der Waals surface area contributed by atoms with Gasteiger partial charge in [0.05, 0.1) is 11.9 Å². The van der Waals surface area contributed by atoms with Gasteiger partial charge in [-0.3, -0.25) is 9.10 Å². The van der Waals surface area contributed by atoms with Gasteiger partial charge in [-0.1, -0.05) is 31.0 Å². The maximum atomic E-state index is 12.6. The minimum absolute atomic E-state index is 0.111. The third-order valence-corrected chi connectivity index (χ3v) is 5.44. The molecule has 2 rings (SSSR count). The Morgan fingerprint density at radius 2 is 1.61 bits per heavy atom. The van der Waals surface area contributed by atoms with Crippen LogP contribution in [-0.4, -0.2) is 45.1 Å². The number of likely N-dealkylation sites (tertiary alicyclic amines) is 1. The van der Waals surface area contributed by atoms with Gasteiger partial charge in [0.25, 0.3) is 0 Å². The number of aryl methyl sites for hydroxylation is 2. The van der Waals surface area contributed by atoms with Crippen molar-refractivity contribution in [1.82, 2.24) is 4.90 Å². The van der Waals surface area contributed by atoms with Gasteiger partial charge in [0.1, 0.15) is 6.54 Å². The molecule has 5 nitrogen and oxygen atoms in total. The summed E-state index contributed by atoms with van der Waals surface area (Å²) in [5.41, 5.74) is 2.34. The molecule has 0 saturated carbocycles. The molecule has 1 aromatic rings. The Morgan fingerprint density at radius 3 is 2.09 bits per heavy atom. The summed E-state index contributed by atoms with van der Waals surface area (Å²) in [5.74, 6) is -0.111. The number of anilines is 1. The van der Waals surface area contributed by atoms with Crippen molar-refractivity contribution in [3.8, 4) is 0 Å². The SMILES string of the molecule is Cc1cccc(C)c1N(CC(=O)N1CCCCCC1)S(C)(=O)=O. The fourth-order valence-electron chi connectivity index (χ4n) is 3.10. The number of para-hydroxylation sites is 1. The lowest BCUT2D eigenvalue weighted by Gasteiger charge is -2.28. The topological polar surface area (TPSA) is 57.7 Å². The molecule has 0 radical (unpaired) electrons. The fourth-order valence-corrected chi connectivity index (χ4v) is 4.07.